The number of halogens is 2. The van der Waals surface area contributed by atoms with Crippen molar-refractivity contribution in [2.75, 3.05) is 5.32 Å². The molecule has 0 bridgehead atoms. The van der Waals surface area contributed by atoms with Crippen molar-refractivity contribution in [2.24, 2.45) is 11.8 Å². The number of amides is 1. The van der Waals surface area contributed by atoms with E-state index in [4.69, 9.17) is 5.84 Å². The first-order valence-electron chi connectivity index (χ1n) is 11.4. The number of rotatable bonds is 5. The Morgan fingerprint density at radius 2 is 1.91 bits per heavy atom. The van der Waals surface area contributed by atoms with Gasteiger partial charge in [-0.15, -0.1) is 0 Å². The van der Waals surface area contributed by atoms with E-state index in [0.717, 1.165) is 24.8 Å². The molecule has 3 atom stereocenters. The van der Waals surface area contributed by atoms with Gasteiger partial charge in [-0.1, -0.05) is 13.0 Å². The Balaban J connectivity index is 1.46. The van der Waals surface area contributed by atoms with Crippen molar-refractivity contribution in [3.05, 3.63) is 78.0 Å². The van der Waals surface area contributed by atoms with Crippen molar-refractivity contribution < 1.29 is 13.6 Å². The number of fused-ring (bicyclic) bond motifs is 1. The highest BCUT2D eigenvalue weighted by molar-refractivity contribution is 6.03. The highest BCUT2D eigenvalue weighted by Crippen LogP contribution is 2.39. The summed E-state index contributed by atoms with van der Waals surface area (Å²) in [5, 5.41) is 7.04. The number of anilines is 1. The van der Waals surface area contributed by atoms with E-state index in [1.54, 1.807) is 12.4 Å². The first-order valence-corrected chi connectivity index (χ1v) is 11.4. The highest BCUT2D eigenvalue weighted by atomic mass is 19.1. The van der Waals surface area contributed by atoms with Gasteiger partial charge in [-0.25, -0.2) is 18.3 Å². The number of hydrogen-bond acceptors (Lipinski definition) is 6. The number of nitrogens with two attached hydrogens (primary N) is 1. The van der Waals surface area contributed by atoms with Crippen LogP contribution in [0.2, 0.25) is 0 Å². The number of carbonyl (C=O) groups is 1. The summed E-state index contributed by atoms with van der Waals surface area (Å²) >= 11 is 0. The third kappa shape index (κ3) is 4.50. The van der Waals surface area contributed by atoms with E-state index in [0.29, 0.717) is 11.6 Å². The Hall–Kier alpha value is -3.76. The first kappa shape index (κ1) is 23.0. The molecule has 0 aliphatic heterocycles. The van der Waals surface area contributed by atoms with E-state index in [1.807, 2.05) is 6.07 Å². The van der Waals surface area contributed by atoms with Crippen LogP contribution in [0.15, 0.2) is 55.1 Å². The molecule has 8 nitrogen and oxygen atoms in total. The molecule has 5 rings (SSSR count). The Labute approximate surface area is 200 Å². The van der Waals surface area contributed by atoms with Crippen molar-refractivity contribution in [2.45, 2.75) is 38.1 Å². The standard InChI is InChI=1S/C25H25F2N7O/c1-14-9-15(11-16(10-14)33-28)17-5-7-29-13-22(17)32-25(35)21-6-8-34-24(31-21)18(12-30-34)23-19(26)3-2-4-20(23)27/h2-8,12-16,33H,9-11,28H2,1H3,(H,32,35)/t14-,15+,16-/m0/s1. The average molecular weight is 478 g/mol. The van der Waals surface area contributed by atoms with E-state index in [-0.39, 0.29) is 34.4 Å². The normalized spacial score (nSPS) is 20.2. The monoisotopic (exact) mass is 477 g/mol. The summed E-state index contributed by atoms with van der Waals surface area (Å²) in [7, 11) is 0. The molecular formula is C25H25F2N7O. The van der Waals surface area contributed by atoms with Crippen LogP contribution >= 0.6 is 0 Å². The molecule has 35 heavy (non-hydrogen) atoms. The molecular weight excluding hydrogens is 452 g/mol. The van der Waals surface area contributed by atoms with Gasteiger partial charge in [-0.3, -0.25) is 21.0 Å². The van der Waals surface area contributed by atoms with Crippen molar-refractivity contribution in [3.8, 4) is 11.1 Å². The second-order valence-electron chi connectivity index (χ2n) is 9.03. The lowest BCUT2D eigenvalue weighted by molar-refractivity contribution is 0.102. The van der Waals surface area contributed by atoms with Gasteiger partial charge in [0.05, 0.1) is 29.2 Å². The van der Waals surface area contributed by atoms with Crippen LogP contribution in [-0.2, 0) is 0 Å². The predicted molar refractivity (Wildman–Crippen MR) is 127 cm³/mol. The van der Waals surface area contributed by atoms with Gasteiger partial charge in [0.2, 0.25) is 0 Å². The second kappa shape index (κ2) is 9.47. The summed E-state index contributed by atoms with van der Waals surface area (Å²) in [5.74, 6) is 4.48. The smallest absolute Gasteiger partial charge is 0.274 e. The van der Waals surface area contributed by atoms with E-state index < -0.39 is 17.5 Å². The van der Waals surface area contributed by atoms with Crippen LogP contribution in [0.5, 0.6) is 0 Å². The molecule has 0 saturated heterocycles. The summed E-state index contributed by atoms with van der Waals surface area (Å²) < 4.78 is 30.1. The number of hydrazine groups is 1. The number of carbonyl (C=O) groups excluding carboxylic acids is 1. The zero-order valence-corrected chi connectivity index (χ0v) is 19.1. The van der Waals surface area contributed by atoms with Crippen LogP contribution in [0, 0.1) is 17.6 Å². The van der Waals surface area contributed by atoms with Crippen molar-refractivity contribution in [1.82, 2.24) is 25.0 Å². The van der Waals surface area contributed by atoms with Gasteiger partial charge >= 0.3 is 0 Å². The van der Waals surface area contributed by atoms with E-state index in [2.05, 4.69) is 32.7 Å². The van der Waals surface area contributed by atoms with Crippen LogP contribution in [0.1, 0.15) is 48.2 Å². The quantitative estimate of drug-likeness (QED) is 0.295. The zero-order valence-electron chi connectivity index (χ0n) is 19.1. The van der Waals surface area contributed by atoms with Gasteiger partial charge in [0.25, 0.3) is 5.91 Å². The topological polar surface area (TPSA) is 110 Å². The molecule has 1 aliphatic rings. The molecule has 3 heterocycles. The first-order chi connectivity index (χ1) is 16.9. The lowest BCUT2D eigenvalue weighted by Gasteiger charge is -2.34. The maximum absolute atomic E-state index is 14.4. The third-order valence-electron chi connectivity index (χ3n) is 6.56. The van der Waals surface area contributed by atoms with E-state index in [9.17, 15) is 13.6 Å². The Bertz CT molecular complexity index is 1370. The molecule has 1 aliphatic carbocycles. The van der Waals surface area contributed by atoms with Crippen LogP contribution in [0.3, 0.4) is 0 Å². The largest absolute Gasteiger partial charge is 0.319 e. The number of aromatic nitrogens is 4. The van der Waals surface area contributed by atoms with Crippen LogP contribution in [0.4, 0.5) is 14.5 Å². The van der Waals surface area contributed by atoms with Gasteiger partial charge in [-0.2, -0.15) is 5.10 Å². The number of pyridine rings is 1. The number of nitrogens with one attached hydrogen (secondary N) is 2. The zero-order chi connectivity index (χ0) is 24.5. The molecule has 10 heteroatoms. The summed E-state index contributed by atoms with van der Waals surface area (Å²) in [6.45, 7) is 2.19. The number of benzene rings is 1. The van der Waals surface area contributed by atoms with Gasteiger partial charge in [0.15, 0.2) is 5.65 Å². The minimum atomic E-state index is -0.733. The van der Waals surface area contributed by atoms with Gasteiger partial charge < -0.3 is 5.32 Å². The fraction of sp³-hybridized carbons (Fsp3) is 0.280. The van der Waals surface area contributed by atoms with Gasteiger partial charge in [-0.05, 0) is 60.9 Å². The molecule has 0 radical (unpaired) electrons. The molecule has 4 N–H and O–H groups in total. The molecule has 1 fully saturated rings. The molecule has 1 saturated carbocycles. The molecule has 4 aromatic rings. The van der Waals surface area contributed by atoms with Gasteiger partial charge in [0, 0.05) is 18.4 Å². The minimum Gasteiger partial charge on any atom is -0.319 e. The van der Waals surface area contributed by atoms with Gasteiger partial charge in [0.1, 0.15) is 17.3 Å². The molecule has 0 spiro atoms. The number of hydrogen-bond donors (Lipinski definition) is 3. The molecule has 0 unspecified atom stereocenters. The van der Waals surface area contributed by atoms with E-state index in [1.165, 1.54) is 41.2 Å². The fourth-order valence-corrected chi connectivity index (χ4v) is 4.97. The maximum Gasteiger partial charge on any atom is 0.274 e. The maximum atomic E-state index is 14.4. The molecule has 180 valence electrons. The van der Waals surface area contributed by atoms with Crippen molar-refractivity contribution in [3.63, 3.8) is 0 Å². The SMILES string of the molecule is C[C@@H]1C[C@H](NN)C[C@H](c2ccncc2NC(=O)c2ccn3ncc(-c4c(F)cccc4F)c3n2)C1. The predicted octanol–water partition coefficient (Wildman–Crippen LogP) is 4.06. The summed E-state index contributed by atoms with van der Waals surface area (Å²) in [5.41, 5.74) is 4.65. The lowest BCUT2D eigenvalue weighted by atomic mass is 9.76. The third-order valence-corrected chi connectivity index (χ3v) is 6.56. The molecule has 1 aromatic carbocycles. The van der Waals surface area contributed by atoms with Crippen molar-refractivity contribution in [1.29, 1.82) is 0 Å². The second-order valence-corrected chi connectivity index (χ2v) is 9.03. The molecule has 1 amide bonds. The lowest BCUT2D eigenvalue weighted by Crippen LogP contribution is -2.40. The summed E-state index contributed by atoms with van der Waals surface area (Å²) in [6, 6.07) is 7.24. The Morgan fingerprint density at radius 3 is 2.69 bits per heavy atom. The van der Waals surface area contributed by atoms with Crippen LogP contribution in [0.25, 0.3) is 16.8 Å². The minimum absolute atomic E-state index is 0.0873. The molecule has 3 aromatic heterocycles. The van der Waals surface area contributed by atoms with E-state index >= 15 is 0 Å². The average Bonchev–Trinajstić information content (AvgIpc) is 3.27. The van der Waals surface area contributed by atoms with Crippen molar-refractivity contribution >= 4 is 17.2 Å². The summed E-state index contributed by atoms with van der Waals surface area (Å²) in [4.78, 5) is 21.7. The van der Waals surface area contributed by atoms with Crippen LogP contribution in [-0.4, -0.2) is 31.5 Å². The Kier molecular flexibility index (Phi) is 6.23. The number of nitrogens with zero attached hydrogens (tertiary/aromatic N) is 4. The van der Waals surface area contributed by atoms with Crippen LogP contribution < -0.4 is 16.6 Å². The fourth-order valence-electron chi connectivity index (χ4n) is 4.97. The Morgan fingerprint density at radius 1 is 1.11 bits per heavy atom. The summed E-state index contributed by atoms with van der Waals surface area (Å²) in [6.07, 6.45) is 9.02. The highest BCUT2D eigenvalue weighted by Gasteiger charge is 2.29.